The van der Waals surface area contributed by atoms with Crippen LogP contribution in [0.5, 0.6) is 0 Å². The summed E-state index contributed by atoms with van der Waals surface area (Å²) < 4.78 is 30.7. The molecule has 3 aromatic rings. The SMILES string of the molecule is CC1=C(C)C2=C(C1)n1c(C)nnc1C(CC(=O)CCCOCCOCCCCOCCOCCOCC(=O)N[C@H](C(=O)C1CC(C)C[C@H]1C(=O)CCc1ccc(C3=C(C)N=CC3)cc1)C(C)(C)C)NC2c1ccc(C)cc1. The number of aromatic nitrogens is 3. The van der Waals surface area contributed by atoms with Gasteiger partial charge >= 0.3 is 0 Å². The first-order chi connectivity index (χ1) is 37.0. The van der Waals surface area contributed by atoms with Crippen molar-refractivity contribution in [3.63, 3.8) is 0 Å². The van der Waals surface area contributed by atoms with Crippen LogP contribution in [0.2, 0.25) is 0 Å². The molecule has 2 N–H and O–H groups in total. The predicted molar refractivity (Wildman–Crippen MR) is 300 cm³/mol. The lowest BCUT2D eigenvalue weighted by molar-refractivity contribution is -0.137. The summed E-state index contributed by atoms with van der Waals surface area (Å²) in [6, 6.07) is 15.9. The number of aryl methyl sites for hydroxylation is 3. The molecular formula is C62H86N6O9. The highest BCUT2D eigenvalue weighted by molar-refractivity contribution is 5.96. The number of Topliss-reactive ketones (excluding diaryl/α,β-unsaturated/α-hetero) is 3. The molecule has 0 saturated heterocycles. The van der Waals surface area contributed by atoms with Crippen LogP contribution in [0.4, 0.5) is 0 Å². The largest absolute Gasteiger partial charge is 0.379 e. The van der Waals surface area contributed by atoms with Crippen LogP contribution in [-0.4, -0.2) is 116 Å². The first-order valence-corrected chi connectivity index (χ1v) is 28.2. The maximum Gasteiger partial charge on any atom is 0.246 e. The summed E-state index contributed by atoms with van der Waals surface area (Å²) in [5.41, 5.74) is 11.5. The van der Waals surface area contributed by atoms with Gasteiger partial charge in [0.25, 0.3) is 0 Å². The molecule has 3 heterocycles. The minimum atomic E-state index is -0.745. The highest BCUT2D eigenvalue weighted by Gasteiger charge is 2.46. The summed E-state index contributed by atoms with van der Waals surface area (Å²) in [6.45, 7) is 22.3. The number of ketones is 3. The number of ether oxygens (including phenoxy) is 5. The van der Waals surface area contributed by atoms with E-state index in [-0.39, 0.29) is 60.4 Å². The maximum absolute atomic E-state index is 14.2. The lowest BCUT2D eigenvalue weighted by Gasteiger charge is -2.33. The van der Waals surface area contributed by atoms with Crippen molar-refractivity contribution < 1.29 is 42.9 Å². The fraction of sp³-hybridized carbons (Fsp3) is 0.597. The van der Waals surface area contributed by atoms with Gasteiger partial charge in [-0.2, -0.15) is 0 Å². The first kappa shape index (κ1) is 59.4. The Morgan fingerprint density at radius 2 is 1.38 bits per heavy atom. The summed E-state index contributed by atoms with van der Waals surface area (Å²) in [4.78, 5) is 58.7. The zero-order chi connectivity index (χ0) is 55.1. The molecule has 1 fully saturated rings. The summed E-state index contributed by atoms with van der Waals surface area (Å²) in [5, 5.41) is 15.8. The summed E-state index contributed by atoms with van der Waals surface area (Å²) in [6.07, 6.45) is 9.04. The number of nitrogens with zero attached hydrogens (tertiary/aromatic N) is 4. The number of allylic oxidation sites excluding steroid dienone is 4. The molecule has 1 amide bonds. The summed E-state index contributed by atoms with van der Waals surface area (Å²) in [7, 11) is 0. The number of benzene rings is 2. The van der Waals surface area contributed by atoms with Crippen LogP contribution < -0.4 is 10.6 Å². The second-order valence-electron chi connectivity index (χ2n) is 22.8. The molecule has 1 saturated carbocycles. The third-order valence-corrected chi connectivity index (χ3v) is 15.7. The number of rotatable bonds is 31. The normalized spacial score (nSPS) is 20.7. The maximum atomic E-state index is 14.2. The van der Waals surface area contributed by atoms with Gasteiger partial charge in [0, 0.05) is 81.4 Å². The number of unbranched alkanes of at least 4 members (excludes halogenated alkanes) is 1. The van der Waals surface area contributed by atoms with Crippen LogP contribution in [0, 0.1) is 37.0 Å². The molecule has 1 aromatic heterocycles. The van der Waals surface area contributed by atoms with Crippen molar-refractivity contribution in [1.82, 2.24) is 25.4 Å². The van der Waals surface area contributed by atoms with Crippen molar-refractivity contribution in [2.75, 3.05) is 66.1 Å². The first-order valence-electron chi connectivity index (χ1n) is 28.2. The van der Waals surface area contributed by atoms with Gasteiger partial charge in [-0.25, -0.2) is 0 Å². The van der Waals surface area contributed by atoms with E-state index in [0.29, 0.717) is 97.8 Å². The van der Waals surface area contributed by atoms with E-state index in [1.807, 2.05) is 40.8 Å². The molecule has 2 aliphatic carbocycles. The van der Waals surface area contributed by atoms with Crippen LogP contribution in [0.1, 0.15) is 159 Å². The van der Waals surface area contributed by atoms with Crippen molar-refractivity contribution in [1.29, 1.82) is 0 Å². The Labute approximate surface area is 457 Å². The van der Waals surface area contributed by atoms with E-state index in [9.17, 15) is 19.2 Å². The lowest BCUT2D eigenvalue weighted by Crippen LogP contribution is -2.53. The van der Waals surface area contributed by atoms with Gasteiger partial charge in [0.05, 0.1) is 57.8 Å². The van der Waals surface area contributed by atoms with E-state index in [1.165, 1.54) is 39.1 Å². The van der Waals surface area contributed by atoms with Crippen molar-refractivity contribution in [3.8, 4) is 0 Å². The fourth-order valence-corrected chi connectivity index (χ4v) is 11.3. The van der Waals surface area contributed by atoms with Crippen molar-refractivity contribution in [2.24, 2.45) is 28.2 Å². The third-order valence-electron chi connectivity index (χ3n) is 15.7. The summed E-state index contributed by atoms with van der Waals surface area (Å²) >= 11 is 0. The quantitative estimate of drug-likeness (QED) is 0.0583. The number of nitrogens with one attached hydrogen (secondary N) is 2. The molecule has 15 heteroatoms. The van der Waals surface area contributed by atoms with Gasteiger partial charge < -0.3 is 29.0 Å². The molecule has 2 aliphatic heterocycles. The fourth-order valence-electron chi connectivity index (χ4n) is 11.3. The van der Waals surface area contributed by atoms with Crippen molar-refractivity contribution in [2.45, 2.75) is 151 Å². The zero-order valence-corrected chi connectivity index (χ0v) is 47.5. The molecule has 15 nitrogen and oxygen atoms in total. The molecule has 7 rings (SSSR count). The highest BCUT2D eigenvalue weighted by Crippen LogP contribution is 2.46. The number of aliphatic imine (C=N–C) groups is 1. The molecule has 6 atom stereocenters. The molecule has 4 unspecified atom stereocenters. The van der Waals surface area contributed by atoms with Crippen LogP contribution >= 0.6 is 0 Å². The molecule has 0 bridgehead atoms. The minimum absolute atomic E-state index is 0.0605. The predicted octanol–water partition coefficient (Wildman–Crippen LogP) is 10.0. The standard InChI is InChI=1S/C62H86N6O9/c1-40-14-19-48(20-15-40)58-57-43(4)42(3)37-54(57)68-45(6)66-67-61(68)53(64-58)38-49(69)13-12-28-75-30-29-73-26-10-11-27-74-31-32-76-33-34-77-39-56(71)65-60(62(7,8)9)59(72)52-36-41(2)35-51(52)55(70)23-18-46-16-21-47(22-17-46)50-24-25-63-44(50)5/h14-17,19-22,25,41,51-53,58,60,64H,10-13,18,23-24,26-39H2,1-9H3,(H,65,71)/t41?,51-,52?,53?,58?,60-/m1/s1. The number of amides is 1. The Kier molecular flexibility index (Phi) is 22.0. The minimum Gasteiger partial charge on any atom is -0.379 e. The Hall–Kier alpha value is -5.29. The van der Waals surface area contributed by atoms with Gasteiger partial charge in [0.1, 0.15) is 24.0 Å². The highest BCUT2D eigenvalue weighted by atomic mass is 16.5. The van der Waals surface area contributed by atoms with Gasteiger partial charge in [-0.15, -0.1) is 10.2 Å². The molecule has 4 aliphatic rings. The second kappa shape index (κ2) is 28.5. The average molecular weight is 1060 g/mol. The molecular weight excluding hydrogens is 973 g/mol. The van der Waals surface area contributed by atoms with Crippen LogP contribution in [0.3, 0.4) is 0 Å². The smallest absolute Gasteiger partial charge is 0.246 e. The van der Waals surface area contributed by atoms with E-state index in [1.54, 1.807) is 0 Å². The van der Waals surface area contributed by atoms with E-state index >= 15 is 0 Å². The molecule has 77 heavy (non-hydrogen) atoms. The van der Waals surface area contributed by atoms with Gasteiger partial charge in [-0.3, -0.25) is 34.1 Å². The van der Waals surface area contributed by atoms with Crippen molar-refractivity contribution >= 4 is 40.7 Å². The molecule has 418 valence electrons. The van der Waals surface area contributed by atoms with Gasteiger partial charge in [-0.05, 0) is 118 Å². The summed E-state index contributed by atoms with van der Waals surface area (Å²) in [5.74, 6) is 0.941. The third kappa shape index (κ3) is 16.4. The molecule has 2 aromatic carbocycles. The molecule has 0 radical (unpaired) electrons. The Balaban J connectivity index is 0.688. The van der Waals surface area contributed by atoms with Gasteiger partial charge in [0.2, 0.25) is 5.91 Å². The monoisotopic (exact) mass is 1060 g/mol. The topological polar surface area (TPSA) is 182 Å². The Bertz CT molecular complexity index is 2620. The number of fused-ring (bicyclic) bond motifs is 2. The second-order valence-corrected chi connectivity index (χ2v) is 22.8. The lowest BCUT2D eigenvalue weighted by atomic mass is 9.76. The number of hydrogen-bond acceptors (Lipinski definition) is 13. The van der Waals surface area contributed by atoms with Gasteiger partial charge in [-0.1, -0.05) is 87.4 Å². The van der Waals surface area contributed by atoms with Crippen LogP contribution in [0.25, 0.3) is 11.3 Å². The van der Waals surface area contributed by atoms with Gasteiger partial charge in [0.15, 0.2) is 11.6 Å². The van der Waals surface area contributed by atoms with E-state index in [4.69, 9.17) is 23.7 Å². The number of hydrogen-bond donors (Lipinski definition) is 2. The molecule has 0 spiro atoms. The Morgan fingerprint density at radius 1 is 0.753 bits per heavy atom. The van der Waals surface area contributed by atoms with E-state index in [0.717, 1.165) is 54.2 Å². The van der Waals surface area contributed by atoms with Crippen molar-refractivity contribution in [3.05, 3.63) is 105 Å². The average Bonchev–Trinajstić information content (AvgIpc) is 4.24. The number of carbonyl (C=O) groups is 4. The Morgan fingerprint density at radius 3 is 2.01 bits per heavy atom. The number of carbonyl (C=O) groups excluding carboxylic acids is 4. The van der Waals surface area contributed by atoms with E-state index < -0.39 is 17.4 Å². The van der Waals surface area contributed by atoms with E-state index in [2.05, 4.69) is 107 Å². The van der Waals surface area contributed by atoms with Crippen LogP contribution in [0.15, 0.2) is 75.9 Å². The van der Waals surface area contributed by atoms with Crippen LogP contribution in [-0.2, 0) is 49.3 Å². The zero-order valence-electron chi connectivity index (χ0n) is 47.5.